The highest BCUT2D eigenvalue weighted by Gasteiger charge is 2.23. The van der Waals surface area contributed by atoms with Gasteiger partial charge in [-0.3, -0.25) is 14.2 Å². The average molecular weight is 374 g/mol. The van der Waals surface area contributed by atoms with E-state index in [0.29, 0.717) is 17.7 Å². The Morgan fingerprint density at radius 1 is 1.30 bits per heavy atom. The van der Waals surface area contributed by atoms with Crippen LogP contribution in [0, 0.1) is 6.92 Å². The molecule has 0 bridgehead atoms. The molecule has 27 heavy (non-hydrogen) atoms. The van der Waals surface area contributed by atoms with Crippen molar-refractivity contribution in [2.75, 3.05) is 6.54 Å². The van der Waals surface area contributed by atoms with Crippen molar-refractivity contribution in [2.45, 2.75) is 51.6 Å². The number of nitrogens with one attached hydrogen (secondary N) is 2. The Bertz CT molecular complexity index is 727. The van der Waals surface area contributed by atoms with Crippen molar-refractivity contribution < 1.29 is 14.7 Å². The van der Waals surface area contributed by atoms with Crippen LogP contribution in [0.4, 0.5) is 0 Å². The Kier molecular flexibility index (Phi) is 7.87. The minimum absolute atomic E-state index is 0.131. The van der Waals surface area contributed by atoms with Crippen LogP contribution in [0.2, 0.25) is 0 Å². The Labute approximate surface area is 158 Å². The highest BCUT2D eigenvalue weighted by molar-refractivity contribution is 5.92. The Morgan fingerprint density at radius 2 is 1.96 bits per heavy atom. The minimum atomic E-state index is -0.250. The molecule has 0 aliphatic heterocycles. The van der Waals surface area contributed by atoms with Crippen LogP contribution in [0.15, 0.2) is 24.8 Å². The maximum Gasteiger partial charge on any atom is 0.290 e. The zero-order valence-electron chi connectivity index (χ0n) is 15.6. The predicted molar refractivity (Wildman–Crippen MR) is 99.8 cm³/mol. The number of hydrogen-bond acceptors (Lipinski definition) is 6. The zero-order valence-corrected chi connectivity index (χ0v) is 15.6. The highest BCUT2D eigenvalue weighted by atomic mass is 16.3. The largest absolute Gasteiger partial charge is 0.483 e. The first kappa shape index (κ1) is 20.5. The van der Waals surface area contributed by atoms with Gasteiger partial charge in [0, 0.05) is 30.2 Å². The van der Waals surface area contributed by atoms with Gasteiger partial charge in [-0.2, -0.15) is 0 Å². The molecule has 9 nitrogen and oxygen atoms in total. The number of amides is 1. The molecule has 146 valence electrons. The van der Waals surface area contributed by atoms with E-state index in [-0.39, 0.29) is 18.4 Å². The third-order valence-corrected chi connectivity index (χ3v) is 4.37. The van der Waals surface area contributed by atoms with Crippen LogP contribution in [0.3, 0.4) is 0 Å². The summed E-state index contributed by atoms with van der Waals surface area (Å²) in [6.45, 7) is 4.74. The number of carbonyl (C=O) groups is 2. The van der Waals surface area contributed by atoms with Crippen molar-refractivity contribution in [3.63, 3.8) is 0 Å². The Balaban J connectivity index is 0.000000817. The van der Waals surface area contributed by atoms with E-state index in [0.717, 1.165) is 37.9 Å². The van der Waals surface area contributed by atoms with Crippen molar-refractivity contribution in [3.8, 4) is 5.95 Å². The van der Waals surface area contributed by atoms with Crippen LogP contribution in [0.25, 0.3) is 5.95 Å². The SMILES string of the molecule is CCN[C@H]1CC[C@H](NC(=O)c2cc(C)nc(-n3ccnc3)n2)CC1.O=CO. The number of aryl methyl sites for hydroxylation is 1. The molecule has 0 aromatic carbocycles. The monoisotopic (exact) mass is 374 g/mol. The van der Waals surface area contributed by atoms with Crippen LogP contribution in [0.5, 0.6) is 0 Å². The van der Waals surface area contributed by atoms with Gasteiger partial charge in [-0.15, -0.1) is 0 Å². The second kappa shape index (κ2) is 10.4. The van der Waals surface area contributed by atoms with Crippen molar-refractivity contribution in [1.82, 2.24) is 30.2 Å². The van der Waals surface area contributed by atoms with Gasteiger partial charge in [-0.05, 0) is 45.2 Å². The standard InChI is InChI=1S/C17H24N6O.CH2O2/c1-3-19-13-4-6-14(7-5-13)21-16(24)15-10-12(2)20-17(22-15)23-9-8-18-11-23;2-1-3/h8-11,13-14,19H,3-7H2,1-2H3,(H,21,24);1H,(H,2,3)/t13-,14-;. The van der Waals surface area contributed by atoms with Gasteiger partial charge in [-0.1, -0.05) is 6.92 Å². The maximum absolute atomic E-state index is 12.6. The number of nitrogens with zero attached hydrogens (tertiary/aromatic N) is 4. The van der Waals surface area contributed by atoms with Gasteiger partial charge in [0.1, 0.15) is 12.0 Å². The second-order valence-electron chi connectivity index (χ2n) is 6.35. The van der Waals surface area contributed by atoms with Crippen molar-refractivity contribution >= 4 is 12.4 Å². The summed E-state index contributed by atoms with van der Waals surface area (Å²) in [6, 6.07) is 2.52. The zero-order chi connectivity index (χ0) is 19.6. The van der Waals surface area contributed by atoms with E-state index in [1.165, 1.54) is 0 Å². The van der Waals surface area contributed by atoms with Gasteiger partial charge in [0.25, 0.3) is 12.4 Å². The molecule has 1 amide bonds. The molecule has 2 aromatic heterocycles. The fraction of sp³-hybridized carbons (Fsp3) is 0.500. The molecule has 1 saturated carbocycles. The Hall–Kier alpha value is -2.81. The minimum Gasteiger partial charge on any atom is -0.483 e. The molecule has 0 atom stereocenters. The maximum atomic E-state index is 12.6. The lowest BCUT2D eigenvalue weighted by molar-refractivity contribution is -0.122. The van der Waals surface area contributed by atoms with Crippen molar-refractivity contribution in [1.29, 1.82) is 0 Å². The first-order valence-corrected chi connectivity index (χ1v) is 9.03. The molecule has 3 N–H and O–H groups in total. The molecule has 9 heteroatoms. The van der Waals surface area contributed by atoms with E-state index in [4.69, 9.17) is 9.90 Å². The quantitative estimate of drug-likeness (QED) is 0.675. The molecular weight excluding hydrogens is 348 g/mol. The van der Waals surface area contributed by atoms with E-state index in [1.54, 1.807) is 29.4 Å². The summed E-state index contributed by atoms with van der Waals surface area (Å²) in [5, 5.41) is 13.5. The molecule has 2 aromatic rings. The molecule has 2 heterocycles. The van der Waals surface area contributed by atoms with E-state index in [9.17, 15) is 4.79 Å². The van der Waals surface area contributed by atoms with E-state index >= 15 is 0 Å². The van der Waals surface area contributed by atoms with Gasteiger partial charge in [0.15, 0.2) is 0 Å². The highest BCUT2D eigenvalue weighted by Crippen LogP contribution is 2.19. The molecule has 1 aliphatic rings. The molecule has 0 radical (unpaired) electrons. The topological polar surface area (TPSA) is 122 Å². The summed E-state index contributed by atoms with van der Waals surface area (Å²) in [5.74, 6) is 0.335. The van der Waals surface area contributed by atoms with Crippen LogP contribution in [-0.4, -0.2) is 55.6 Å². The van der Waals surface area contributed by atoms with E-state index < -0.39 is 0 Å². The third-order valence-electron chi connectivity index (χ3n) is 4.37. The number of carbonyl (C=O) groups excluding carboxylic acids is 1. The van der Waals surface area contributed by atoms with Crippen LogP contribution >= 0.6 is 0 Å². The lowest BCUT2D eigenvalue weighted by Crippen LogP contribution is -2.42. The number of aromatic nitrogens is 4. The normalized spacial score (nSPS) is 18.9. The van der Waals surface area contributed by atoms with E-state index in [2.05, 4.69) is 32.5 Å². The number of imidazole rings is 1. The van der Waals surface area contributed by atoms with Crippen LogP contribution < -0.4 is 10.6 Å². The summed E-state index contributed by atoms with van der Waals surface area (Å²) in [5.41, 5.74) is 1.16. The van der Waals surface area contributed by atoms with Crippen LogP contribution in [-0.2, 0) is 4.79 Å². The fourth-order valence-electron chi connectivity index (χ4n) is 3.15. The third kappa shape index (κ3) is 6.14. The molecule has 0 unspecified atom stereocenters. The van der Waals surface area contributed by atoms with Gasteiger partial charge in [-0.25, -0.2) is 15.0 Å². The molecule has 1 aliphatic carbocycles. The average Bonchev–Trinajstić information content (AvgIpc) is 3.18. The summed E-state index contributed by atoms with van der Waals surface area (Å²) >= 11 is 0. The van der Waals surface area contributed by atoms with Crippen molar-refractivity contribution in [3.05, 3.63) is 36.2 Å². The Morgan fingerprint density at radius 3 is 2.56 bits per heavy atom. The summed E-state index contributed by atoms with van der Waals surface area (Å²) in [4.78, 5) is 33.6. The molecule has 0 spiro atoms. The lowest BCUT2D eigenvalue weighted by Gasteiger charge is -2.29. The molecular formula is C18H26N6O3. The fourth-order valence-corrected chi connectivity index (χ4v) is 3.15. The first-order chi connectivity index (χ1) is 13.1. The van der Waals surface area contributed by atoms with Gasteiger partial charge in [0.2, 0.25) is 5.95 Å². The van der Waals surface area contributed by atoms with Gasteiger partial charge >= 0.3 is 0 Å². The number of rotatable bonds is 5. The summed E-state index contributed by atoms with van der Waals surface area (Å²) in [6.07, 6.45) is 9.25. The summed E-state index contributed by atoms with van der Waals surface area (Å²) < 4.78 is 1.70. The van der Waals surface area contributed by atoms with Gasteiger partial charge in [0.05, 0.1) is 0 Å². The number of hydrogen-bond donors (Lipinski definition) is 3. The lowest BCUT2D eigenvalue weighted by atomic mass is 9.91. The first-order valence-electron chi connectivity index (χ1n) is 9.03. The van der Waals surface area contributed by atoms with Crippen LogP contribution in [0.1, 0.15) is 48.8 Å². The predicted octanol–water partition coefficient (Wildman–Crippen LogP) is 1.32. The molecule has 1 fully saturated rings. The second-order valence-corrected chi connectivity index (χ2v) is 6.35. The molecule has 3 rings (SSSR count). The van der Waals surface area contributed by atoms with E-state index in [1.807, 2.05) is 6.92 Å². The number of carboxylic acid groups (broad SMARTS) is 1. The van der Waals surface area contributed by atoms with Crippen molar-refractivity contribution in [2.24, 2.45) is 0 Å². The molecule has 0 saturated heterocycles. The smallest absolute Gasteiger partial charge is 0.290 e. The van der Waals surface area contributed by atoms with Gasteiger partial charge < -0.3 is 15.7 Å². The summed E-state index contributed by atoms with van der Waals surface area (Å²) in [7, 11) is 0.